The van der Waals surface area contributed by atoms with Gasteiger partial charge in [0.2, 0.25) is 0 Å². The zero-order chi connectivity index (χ0) is 31.7. The van der Waals surface area contributed by atoms with E-state index in [1.807, 2.05) is 0 Å². The highest BCUT2D eigenvalue weighted by Crippen LogP contribution is 2.47. The van der Waals surface area contributed by atoms with E-state index in [-0.39, 0.29) is 0 Å². The van der Waals surface area contributed by atoms with E-state index in [2.05, 4.69) is 135 Å². The first kappa shape index (κ1) is 33.5. The van der Waals surface area contributed by atoms with Crippen molar-refractivity contribution in [3.63, 3.8) is 0 Å². The van der Waals surface area contributed by atoms with Crippen LogP contribution in [0.15, 0.2) is 80.9 Å². The normalized spacial score (nSPS) is 13.7. The van der Waals surface area contributed by atoms with Crippen LogP contribution in [0.3, 0.4) is 0 Å². The molecule has 4 rings (SSSR count). The molecule has 0 aliphatic heterocycles. The molecule has 0 aromatic heterocycles. The second kappa shape index (κ2) is 15.1. The van der Waals surface area contributed by atoms with Gasteiger partial charge in [-0.3, -0.25) is 0 Å². The van der Waals surface area contributed by atoms with Gasteiger partial charge < -0.3 is 0 Å². The number of allylic oxidation sites excluding steroid dienone is 4. The Morgan fingerprint density at radius 1 is 0.455 bits per heavy atom. The Labute approximate surface area is 268 Å². The van der Waals surface area contributed by atoms with Crippen molar-refractivity contribution < 1.29 is 0 Å². The van der Waals surface area contributed by atoms with E-state index in [1.165, 1.54) is 84.0 Å². The molecule has 0 radical (unpaired) electrons. The molecule has 226 valence electrons. The number of rotatable bonds is 12. The molecule has 0 fully saturated rings. The number of hydrogen-bond acceptors (Lipinski definition) is 0. The van der Waals surface area contributed by atoms with Crippen molar-refractivity contribution in [3.05, 3.63) is 113 Å². The fourth-order valence-electron chi connectivity index (χ4n) is 6.07. The van der Waals surface area contributed by atoms with Crippen molar-refractivity contribution in [3.8, 4) is 0 Å². The Hall–Kier alpha value is -3.41. The number of aryl methyl sites for hydroxylation is 2. The van der Waals surface area contributed by atoms with Crippen molar-refractivity contribution in [1.82, 2.24) is 0 Å². The number of hydrogen-bond donors (Lipinski definition) is 0. The Morgan fingerprint density at radius 2 is 0.864 bits per heavy atom. The number of benzene rings is 2. The average Bonchev–Trinajstić information content (AvgIpc) is 2.95. The highest BCUT2D eigenvalue weighted by Gasteiger charge is 2.43. The van der Waals surface area contributed by atoms with Gasteiger partial charge in [0.15, 0.2) is 0 Å². The summed E-state index contributed by atoms with van der Waals surface area (Å²) in [6.07, 6.45) is 12.2. The first-order valence-electron chi connectivity index (χ1n) is 16.8. The maximum absolute atomic E-state index is 3.66. The molecule has 0 saturated carbocycles. The lowest BCUT2D eigenvalue weighted by Crippen LogP contribution is -2.41. The molecule has 0 amide bonds. The smallest absolute Gasteiger partial charge is 0.0656 e. The fourth-order valence-corrected chi connectivity index (χ4v) is 11.9. The molecular weight excluding hydrogens is 561 g/mol. The SMILES string of the molecule is CCCCCCc1ccc2c(c1)=C=C=C=C=c1cc(CCCCCC)ccc1=C=C=C1C(=C=C=2)C([Si](C)(C)C)=C1[Si](C)(C)C. The summed E-state index contributed by atoms with van der Waals surface area (Å²) in [4.78, 5) is 0. The summed E-state index contributed by atoms with van der Waals surface area (Å²) in [5.74, 6) is 0. The van der Waals surface area contributed by atoms with Crippen molar-refractivity contribution >= 4 is 39.1 Å². The van der Waals surface area contributed by atoms with Gasteiger partial charge in [-0.1, -0.05) is 138 Å². The Morgan fingerprint density at radius 3 is 1.23 bits per heavy atom. The summed E-state index contributed by atoms with van der Waals surface area (Å²) >= 11 is 0. The fraction of sp³-hybridized carbons (Fsp3) is 0.429. The van der Waals surface area contributed by atoms with Crippen molar-refractivity contribution in [2.45, 2.75) is 117 Å². The Balaban J connectivity index is 2.11. The lowest BCUT2D eigenvalue weighted by atomic mass is 9.95. The van der Waals surface area contributed by atoms with Gasteiger partial charge in [0, 0.05) is 32.0 Å². The third-order valence-electron chi connectivity index (χ3n) is 8.41. The zero-order valence-electron chi connectivity index (χ0n) is 28.5. The minimum absolute atomic E-state index is 0.984. The largest absolute Gasteiger partial charge is 0.0792 e. The quantitative estimate of drug-likeness (QED) is 0.129. The van der Waals surface area contributed by atoms with E-state index < -0.39 is 16.1 Å². The first-order valence-corrected chi connectivity index (χ1v) is 23.8. The van der Waals surface area contributed by atoms with E-state index in [9.17, 15) is 0 Å². The minimum atomic E-state index is -1.65. The minimum Gasteiger partial charge on any atom is -0.0656 e. The molecule has 2 heteroatoms. The summed E-state index contributed by atoms with van der Waals surface area (Å²) in [6.45, 7) is 19.2. The van der Waals surface area contributed by atoms with Gasteiger partial charge in [0.25, 0.3) is 0 Å². The van der Waals surface area contributed by atoms with Gasteiger partial charge >= 0.3 is 0 Å². The van der Waals surface area contributed by atoms with E-state index >= 15 is 0 Å². The predicted molar refractivity (Wildman–Crippen MR) is 196 cm³/mol. The maximum Gasteiger partial charge on any atom is 0.0792 e. The van der Waals surface area contributed by atoms with E-state index in [0.717, 1.165) is 33.7 Å². The van der Waals surface area contributed by atoms with Crippen LogP contribution in [0.25, 0.3) is 22.9 Å². The van der Waals surface area contributed by atoms with E-state index in [1.54, 1.807) is 0 Å². The van der Waals surface area contributed by atoms with E-state index in [0.29, 0.717) is 0 Å². The summed E-state index contributed by atoms with van der Waals surface area (Å²) in [5.41, 5.74) is 32.6. The van der Waals surface area contributed by atoms with Crippen LogP contribution in [-0.2, 0) is 12.8 Å². The summed E-state index contributed by atoms with van der Waals surface area (Å²) in [5, 5.41) is 7.00. The monoisotopic (exact) mass is 610 g/mol. The lowest BCUT2D eigenvalue weighted by molar-refractivity contribution is 0.666. The van der Waals surface area contributed by atoms with Crippen LogP contribution in [-0.4, -0.2) is 16.1 Å². The average molecular weight is 611 g/mol. The molecular formula is C42H50Si2. The third kappa shape index (κ3) is 8.61. The van der Waals surface area contributed by atoms with Crippen LogP contribution in [0.1, 0.15) is 76.3 Å². The summed E-state index contributed by atoms with van der Waals surface area (Å²) < 4.78 is 0. The van der Waals surface area contributed by atoms with Crippen LogP contribution in [0, 0.1) is 0 Å². The highest BCUT2D eigenvalue weighted by atomic mass is 28.3. The third-order valence-corrected chi connectivity index (χ3v) is 12.7. The first-order chi connectivity index (χ1) is 21.0. The van der Waals surface area contributed by atoms with Gasteiger partial charge in [0.05, 0.1) is 16.1 Å². The zero-order valence-corrected chi connectivity index (χ0v) is 30.5. The number of fused-ring (bicyclic) bond motifs is 3. The van der Waals surface area contributed by atoms with Gasteiger partial charge in [0.1, 0.15) is 0 Å². The molecule has 0 unspecified atom stereocenters. The maximum atomic E-state index is 3.66. The molecule has 2 aromatic carbocycles. The van der Waals surface area contributed by atoms with Crippen LogP contribution in [0.2, 0.25) is 39.3 Å². The van der Waals surface area contributed by atoms with Crippen LogP contribution in [0.5, 0.6) is 0 Å². The molecule has 0 bridgehead atoms. The molecule has 0 saturated heterocycles. The van der Waals surface area contributed by atoms with E-state index in [4.69, 9.17) is 0 Å². The molecule has 44 heavy (non-hydrogen) atoms. The standard InChI is InChI=1S/C42H50Si2/c1-9-11-13-15-19-33-23-25-35-27-29-39-40(42(44(6,7)8)41(39)43(3,4)5)30-28-36-26-24-34(20-16-14-12-10-2)32-38(36)22-18-17-21-37(35)31-33/h23-26,31-32H,9-16,19-20H2,1-8H3. The topological polar surface area (TPSA) is 0 Å². The molecule has 2 aromatic rings. The second-order valence-corrected chi connectivity index (χ2v) is 24.4. The van der Waals surface area contributed by atoms with Gasteiger partial charge in [-0.2, -0.15) is 0 Å². The van der Waals surface area contributed by atoms with Crippen molar-refractivity contribution in [2.75, 3.05) is 0 Å². The molecule has 0 atom stereocenters. The molecule has 2 aliphatic carbocycles. The Bertz CT molecular complexity index is 1830. The van der Waals surface area contributed by atoms with Crippen LogP contribution >= 0.6 is 0 Å². The summed E-state index contributed by atoms with van der Waals surface area (Å²) in [6, 6.07) is 13.3. The lowest BCUT2D eigenvalue weighted by Gasteiger charge is -2.41. The molecule has 0 N–H and O–H groups in total. The molecule has 2 aliphatic rings. The van der Waals surface area contributed by atoms with Gasteiger partial charge in [-0.25, -0.2) is 0 Å². The van der Waals surface area contributed by atoms with Crippen molar-refractivity contribution in [1.29, 1.82) is 0 Å². The molecule has 0 nitrogen and oxygen atoms in total. The summed E-state index contributed by atoms with van der Waals surface area (Å²) in [7, 11) is -3.30. The van der Waals surface area contributed by atoms with Gasteiger partial charge in [-0.15, -0.1) is 0 Å². The van der Waals surface area contributed by atoms with Crippen LogP contribution in [0.4, 0.5) is 0 Å². The second-order valence-electron chi connectivity index (χ2n) is 14.4. The molecule has 0 spiro atoms. The van der Waals surface area contributed by atoms with Crippen LogP contribution < -0.4 is 20.9 Å². The number of unbranched alkanes of at least 4 members (excludes halogenated alkanes) is 6. The van der Waals surface area contributed by atoms with Gasteiger partial charge in [-0.05, 0) is 82.9 Å². The molecule has 0 heterocycles. The Kier molecular flexibility index (Phi) is 11.5. The van der Waals surface area contributed by atoms with Crippen molar-refractivity contribution in [2.24, 2.45) is 0 Å². The predicted octanol–water partition coefficient (Wildman–Crippen LogP) is 8.26. The highest BCUT2D eigenvalue weighted by molar-refractivity contribution is 6.92.